The van der Waals surface area contributed by atoms with E-state index in [-0.39, 0.29) is 5.75 Å². The van der Waals surface area contributed by atoms with Crippen molar-refractivity contribution >= 4 is 11.0 Å². The summed E-state index contributed by atoms with van der Waals surface area (Å²) < 4.78 is 16.3. The Morgan fingerprint density at radius 2 is 1.77 bits per heavy atom. The van der Waals surface area contributed by atoms with Crippen LogP contribution in [0, 0.1) is 0 Å². The first-order valence-corrected chi connectivity index (χ1v) is 10.5. The molecule has 2 aromatic rings. The molecule has 4 N–H and O–H groups in total. The van der Waals surface area contributed by atoms with Crippen LogP contribution in [0.1, 0.15) is 44.6 Å². The average Bonchev–Trinajstić information content (AvgIpc) is 2.73. The van der Waals surface area contributed by atoms with Crippen LogP contribution in [0.4, 0.5) is 0 Å². The van der Waals surface area contributed by atoms with Gasteiger partial charge < -0.3 is 34.3 Å². The first kappa shape index (κ1) is 22.7. The summed E-state index contributed by atoms with van der Waals surface area (Å²) in [4.78, 5) is 12.0. The standard InChI is InChI=1S/C22H30O8/c1-2-3-4-5-6-7-13-10-18(24)29-16-11-14(8-9-15(13)16)28-22-21(27)20(26)19(25)17(12-23)30-22/h8-11,17,19-23,25-27H,2-7,12H2,1H3/t17-,19-,20+,21-,22-/m1/s1. The molecule has 0 bridgehead atoms. The lowest BCUT2D eigenvalue weighted by Crippen LogP contribution is -2.60. The first-order chi connectivity index (χ1) is 14.4. The summed E-state index contributed by atoms with van der Waals surface area (Å²) in [6.45, 7) is 1.62. The molecule has 1 aliphatic heterocycles. The highest BCUT2D eigenvalue weighted by Crippen LogP contribution is 2.28. The van der Waals surface area contributed by atoms with Crippen molar-refractivity contribution in [1.82, 2.24) is 0 Å². The molecule has 5 atom stereocenters. The van der Waals surface area contributed by atoms with Crippen LogP contribution in [0.3, 0.4) is 0 Å². The van der Waals surface area contributed by atoms with Crippen LogP contribution in [0.25, 0.3) is 11.0 Å². The van der Waals surface area contributed by atoms with Gasteiger partial charge in [-0.15, -0.1) is 0 Å². The minimum atomic E-state index is -1.53. The molecule has 166 valence electrons. The van der Waals surface area contributed by atoms with E-state index in [1.54, 1.807) is 12.1 Å². The summed E-state index contributed by atoms with van der Waals surface area (Å²) in [7, 11) is 0. The number of rotatable bonds is 9. The lowest BCUT2D eigenvalue weighted by molar-refractivity contribution is -0.277. The monoisotopic (exact) mass is 422 g/mol. The third-order valence-electron chi connectivity index (χ3n) is 5.45. The smallest absolute Gasteiger partial charge is 0.336 e. The molecule has 1 fully saturated rings. The zero-order valence-electron chi connectivity index (χ0n) is 17.1. The second kappa shape index (κ2) is 10.4. The van der Waals surface area contributed by atoms with Crippen LogP contribution in [-0.4, -0.2) is 57.7 Å². The SMILES string of the molecule is CCCCCCCc1cc(=O)oc2cc(O[C@@H]3O[C@H](CO)[C@@H](O)[C@H](O)[C@H]3O)ccc12. The largest absolute Gasteiger partial charge is 0.462 e. The number of aliphatic hydroxyl groups is 4. The van der Waals surface area contributed by atoms with Crippen LogP contribution in [0.15, 0.2) is 33.5 Å². The summed E-state index contributed by atoms with van der Waals surface area (Å²) in [5.74, 6) is 0.259. The Morgan fingerprint density at radius 1 is 1.00 bits per heavy atom. The van der Waals surface area contributed by atoms with Gasteiger partial charge in [0.1, 0.15) is 35.7 Å². The molecule has 0 unspecified atom stereocenters. The lowest BCUT2D eigenvalue weighted by Gasteiger charge is -2.39. The second-order valence-electron chi connectivity index (χ2n) is 7.73. The second-order valence-corrected chi connectivity index (χ2v) is 7.73. The van der Waals surface area contributed by atoms with E-state index in [0.717, 1.165) is 30.2 Å². The van der Waals surface area contributed by atoms with E-state index in [2.05, 4.69) is 6.92 Å². The minimum Gasteiger partial charge on any atom is -0.462 e. The Kier molecular flexibility index (Phi) is 7.85. The third kappa shape index (κ3) is 5.19. The van der Waals surface area contributed by atoms with Crippen LogP contribution in [-0.2, 0) is 11.2 Å². The molecular formula is C22H30O8. The Bertz CT molecular complexity index is 877. The summed E-state index contributed by atoms with van der Waals surface area (Å²) in [6.07, 6.45) is -0.442. The molecule has 30 heavy (non-hydrogen) atoms. The predicted octanol–water partition coefficient (Wildman–Crippen LogP) is 1.48. The Labute approximate surface area is 174 Å². The van der Waals surface area contributed by atoms with Crippen molar-refractivity contribution in [3.05, 3.63) is 40.2 Å². The maximum absolute atomic E-state index is 12.0. The molecule has 3 rings (SSSR count). The highest BCUT2D eigenvalue weighted by atomic mass is 16.7. The van der Waals surface area contributed by atoms with E-state index in [1.807, 2.05) is 0 Å². The van der Waals surface area contributed by atoms with Crippen molar-refractivity contribution in [3.63, 3.8) is 0 Å². The van der Waals surface area contributed by atoms with Gasteiger partial charge in [0.25, 0.3) is 0 Å². The summed E-state index contributed by atoms with van der Waals surface area (Å²) in [5, 5.41) is 40.0. The molecule has 1 saturated heterocycles. The Morgan fingerprint density at radius 3 is 2.50 bits per heavy atom. The highest BCUT2D eigenvalue weighted by molar-refractivity contribution is 5.81. The molecule has 0 aliphatic carbocycles. The zero-order valence-corrected chi connectivity index (χ0v) is 17.1. The minimum absolute atomic E-state index is 0.259. The van der Waals surface area contributed by atoms with Crippen LogP contribution >= 0.6 is 0 Å². The number of hydrogen-bond donors (Lipinski definition) is 4. The quantitative estimate of drug-likeness (QED) is 0.353. The maximum atomic E-state index is 12.0. The Balaban J connectivity index is 1.76. The first-order valence-electron chi connectivity index (χ1n) is 10.5. The van der Waals surface area contributed by atoms with Gasteiger partial charge in [0, 0.05) is 17.5 Å². The summed E-state index contributed by atoms with van der Waals surface area (Å²) >= 11 is 0. The summed E-state index contributed by atoms with van der Waals surface area (Å²) in [5.41, 5.74) is 0.821. The number of benzene rings is 1. The van der Waals surface area contributed by atoms with Gasteiger partial charge in [-0.05, 0) is 30.5 Å². The van der Waals surface area contributed by atoms with E-state index in [4.69, 9.17) is 13.9 Å². The topological polar surface area (TPSA) is 130 Å². The molecule has 2 heterocycles. The fourth-order valence-electron chi connectivity index (χ4n) is 3.71. The highest BCUT2D eigenvalue weighted by Gasteiger charge is 2.44. The van der Waals surface area contributed by atoms with Crippen LogP contribution in [0.5, 0.6) is 5.75 Å². The van der Waals surface area contributed by atoms with E-state index >= 15 is 0 Å². The fraction of sp³-hybridized carbons (Fsp3) is 0.591. The van der Waals surface area contributed by atoms with Crippen molar-refractivity contribution in [1.29, 1.82) is 0 Å². The third-order valence-corrected chi connectivity index (χ3v) is 5.45. The van der Waals surface area contributed by atoms with Crippen molar-refractivity contribution in [2.24, 2.45) is 0 Å². The number of hydrogen-bond acceptors (Lipinski definition) is 8. The molecule has 0 spiro atoms. The van der Waals surface area contributed by atoms with Gasteiger partial charge in [0.05, 0.1) is 6.61 Å². The van der Waals surface area contributed by atoms with Crippen molar-refractivity contribution < 1.29 is 34.3 Å². The Hall–Kier alpha value is -1.97. The molecule has 8 nitrogen and oxygen atoms in total. The van der Waals surface area contributed by atoms with E-state index in [9.17, 15) is 25.2 Å². The van der Waals surface area contributed by atoms with Crippen molar-refractivity contribution in [2.45, 2.75) is 76.2 Å². The lowest BCUT2D eigenvalue weighted by atomic mass is 9.99. The van der Waals surface area contributed by atoms with E-state index < -0.39 is 42.9 Å². The molecule has 1 aromatic heterocycles. The molecule has 0 amide bonds. The summed E-state index contributed by atoms with van der Waals surface area (Å²) in [6, 6.07) is 6.47. The average molecular weight is 422 g/mol. The van der Waals surface area contributed by atoms with Gasteiger partial charge >= 0.3 is 5.63 Å². The number of unbranched alkanes of at least 4 members (excludes halogenated alkanes) is 4. The van der Waals surface area contributed by atoms with Gasteiger partial charge in [-0.1, -0.05) is 32.6 Å². The normalized spacial score (nSPS) is 26.8. The predicted molar refractivity (Wildman–Crippen MR) is 109 cm³/mol. The van der Waals surface area contributed by atoms with Crippen molar-refractivity contribution in [3.8, 4) is 5.75 Å². The van der Waals surface area contributed by atoms with Crippen LogP contribution in [0.2, 0.25) is 0 Å². The van der Waals surface area contributed by atoms with Crippen LogP contribution < -0.4 is 10.4 Å². The van der Waals surface area contributed by atoms with Gasteiger partial charge in [-0.3, -0.25) is 0 Å². The number of aliphatic hydroxyl groups excluding tert-OH is 4. The molecular weight excluding hydrogens is 392 g/mol. The fourth-order valence-corrected chi connectivity index (χ4v) is 3.71. The molecule has 8 heteroatoms. The molecule has 0 saturated carbocycles. The molecule has 1 aromatic carbocycles. The van der Waals surface area contributed by atoms with E-state index in [0.29, 0.717) is 5.58 Å². The van der Waals surface area contributed by atoms with Crippen molar-refractivity contribution in [2.75, 3.05) is 6.61 Å². The number of aryl methyl sites for hydroxylation is 1. The van der Waals surface area contributed by atoms with Gasteiger partial charge in [-0.25, -0.2) is 4.79 Å². The number of ether oxygens (including phenoxy) is 2. The molecule has 0 radical (unpaired) electrons. The van der Waals surface area contributed by atoms with Gasteiger partial charge in [0.2, 0.25) is 6.29 Å². The zero-order chi connectivity index (χ0) is 21.7. The van der Waals surface area contributed by atoms with Gasteiger partial charge in [-0.2, -0.15) is 0 Å². The van der Waals surface area contributed by atoms with Gasteiger partial charge in [0.15, 0.2) is 0 Å². The van der Waals surface area contributed by atoms with E-state index in [1.165, 1.54) is 31.4 Å². The molecule has 1 aliphatic rings. The number of fused-ring (bicyclic) bond motifs is 1. The maximum Gasteiger partial charge on any atom is 0.336 e.